The molecule has 0 radical (unpaired) electrons. The van der Waals surface area contributed by atoms with E-state index in [0.29, 0.717) is 35.0 Å². The molecule has 35 heavy (non-hydrogen) atoms. The minimum absolute atomic E-state index is 0.105. The summed E-state index contributed by atoms with van der Waals surface area (Å²) in [6.45, 7) is 2.05. The molecule has 1 fully saturated rings. The summed E-state index contributed by atoms with van der Waals surface area (Å²) in [6, 6.07) is 20.6. The zero-order valence-electron chi connectivity index (χ0n) is 19.3. The zero-order chi connectivity index (χ0) is 24.0. The van der Waals surface area contributed by atoms with Crippen LogP contribution in [0.1, 0.15) is 24.0 Å². The van der Waals surface area contributed by atoms with Gasteiger partial charge >= 0.3 is 0 Å². The second-order valence-electron chi connectivity index (χ2n) is 8.80. The monoisotopic (exact) mass is 490 g/mol. The lowest BCUT2D eigenvalue weighted by Gasteiger charge is -2.32. The highest BCUT2D eigenvalue weighted by atomic mass is 32.2. The van der Waals surface area contributed by atoms with Crippen molar-refractivity contribution in [3.63, 3.8) is 0 Å². The third-order valence-electron chi connectivity index (χ3n) is 6.35. The van der Waals surface area contributed by atoms with Gasteiger partial charge in [0.2, 0.25) is 11.7 Å². The van der Waals surface area contributed by atoms with E-state index in [9.17, 15) is 9.18 Å². The SMILES string of the molecule is O=C(CSc1nnc(-c2ccco2)n1Cc1ccccc1)N1CCC(Cc2cccc(F)c2)CC1. The number of amides is 1. The van der Waals surface area contributed by atoms with E-state index in [0.717, 1.165) is 43.5 Å². The fourth-order valence-corrected chi connectivity index (χ4v) is 5.33. The number of aromatic nitrogens is 3. The summed E-state index contributed by atoms with van der Waals surface area (Å²) < 4.78 is 21.0. The maximum Gasteiger partial charge on any atom is 0.233 e. The van der Waals surface area contributed by atoms with Crippen molar-refractivity contribution < 1.29 is 13.6 Å². The normalized spacial score (nSPS) is 14.4. The van der Waals surface area contributed by atoms with Crippen LogP contribution in [-0.4, -0.2) is 44.4 Å². The second kappa shape index (κ2) is 10.9. The Hall–Kier alpha value is -3.39. The van der Waals surface area contributed by atoms with E-state index >= 15 is 0 Å². The van der Waals surface area contributed by atoms with Crippen molar-refractivity contribution in [3.05, 3.63) is 89.9 Å². The Morgan fingerprint density at radius 2 is 1.80 bits per heavy atom. The van der Waals surface area contributed by atoms with E-state index < -0.39 is 0 Å². The van der Waals surface area contributed by atoms with Gasteiger partial charge in [-0.15, -0.1) is 10.2 Å². The van der Waals surface area contributed by atoms with Crippen molar-refractivity contribution in [1.29, 1.82) is 0 Å². The Morgan fingerprint density at radius 3 is 2.54 bits per heavy atom. The van der Waals surface area contributed by atoms with Gasteiger partial charge in [-0.25, -0.2) is 4.39 Å². The predicted molar refractivity (Wildman–Crippen MR) is 133 cm³/mol. The molecule has 3 heterocycles. The summed E-state index contributed by atoms with van der Waals surface area (Å²) in [5.41, 5.74) is 2.14. The highest BCUT2D eigenvalue weighted by Gasteiger charge is 2.24. The van der Waals surface area contributed by atoms with Gasteiger partial charge in [0, 0.05) is 13.1 Å². The maximum atomic E-state index is 13.5. The zero-order valence-corrected chi connectivity index (χ0v) is 20.2. The van der Waals surface area contributed by atoms with Crippen LogP contribution in [0.3, 0.4) is 0 Å². The van der Waals surface area contributed by atoms with Gasteiger partial charge in [0.25, 0.3) is 0 Å². The first-order valence-electron chi connectivity index (χ1n) is 11.8. The summed E-state index contributed by atoms with van der Waals surface area (Å²) in [6.07, 6.45) is 4.33. The number of benzene rings is 2. The molecule has 0 spiro atoms. The summed E-state index contributed by atoms with van der Waals surface area (Å²) in [5.74, 6) is 1.98. The molecule has 5 rings (SSSR count). The smallest absolute Gasteiger partial charge is 0.233 e. The summed E-state index contributed by atoms with van der Waals surface area (Å²) in [5, 5.41) is 9.40. The Kier molecular flexibility index (Phi) is 7.28. The molecule has 6 nitrogen and oxygen atoms in total. The molecule has 0 bridgehead atoms. The van der Waals surface area contributed by atoms with E-state index in [1.807, 2.05) is 45.9 Å². The molecule has 4 aromatic rings. The first-order valence-corrected chi connectivity index (χ1v) is 12.8. The van der Waals surface area contributed by atoms with Crippen LogP contribution in [0, 0.1) is 11.7 Å². The van der Waals surface area contributed by atoms with E-state index in [-0.39, 0.29) is 11.7 Å². The number of likely N-dealkylation sites (tertiary alicyclic amines) is 1. The van der Waals surface area contributed by atoms with Crippen molar-refractivity contribution in [1.82, 2.24) is 19.7 Å². The van der Waals surface area contributed by atoms with E-state index in [2.05, 4.69) is 22.3 Å². The third-order valence-corrected chi connectivity index (χ3v) is 7.30. The lowest BCUT2D eigenvalue weighted by atomic mass is 9.90. The number of furan rings is 1. The largest absolute Gasteiger partial charge is 0.461 e. The van der Waals surface area contributed by atoms with Gasteiger partial charge < -0.3 is 9.32 Å². The number of carbonyl (C=O) groups excluding carboxylic acids is 1. The van der Waals surface area contributed by atoms with Gasteiger partial charge in [0.1, 0.15) is 5.82 Å². The maximum absolute atomic E-state index is 13.5. The van der Waals surface area contributed by atoms with Crippen LogP contribution in [0.2, 0.25) is 0 Å². The average molecular weight is 491 g/mol. The molecule has 0 atom stereocenters. The fraction of sp³-hybridized carbons (Fsp3) is 0.296. The Balaban J connectivity index is 1.20. The molecule has 0 saturated carbocycles. The molecule has 0 unspecified atom stereocenters. The van der Waals surface area contributed by atoms with Crippen molar-refractivity contribution in [3.8, 4) is 11.6 Å². The number of thioether (sulfide) groups is 1. The molecule has 1 aliphatic heterocycles. The van der Waals surface area contributed by atoms with Crippen LogP contribution in [0.15, 0.2) is 82.6 Å². The van der Waals surface area contributed by atoms with Gasteiger partial charge in [-0.3, -0.25) is 9.36 Å². The van der Waals surface area contributed by atoms with Gasteiger partial charge in [0.15, 0.2) is 10.9 Å². The van der Waals surface area contributed by atoms with Crippen LogP contribution in [0.25, 0.3) is 11.6 Å². The molecular weight excluding hydrogens is 463 g/mol. The standard InChI is InChI=1S/C27H27FN4O2S/c28-23-9-4-8-22(17-23)16-20-11-13-31(14-12-20)25(33)19-35-27-30-29-26(24-10-5-15-34-24)32(27)18-21-6-2-1-3-7-21/h1-10,15,17,20H,11-14,16,18-19H2. The van der Waals surface area contributed by atoms with Crippen LogP contribution in [0.5, 0.6) is 0 Å². The van der Waals surface area contributed by atoms with E-state index in [1.165, 1.54) is 17.8 Å². The number of hydrogen-bond acceptors (Lipinski definition) is 5. The fourth-order valence-electron chi connectivity index (χ4n) is 4.49. The van der Waals surface area contributed by atoms with Crippen LogP contribution in [0.4, 0.5) is 4.39 Å². The van der Waals surface area contributed by atoms with Crippen molar-refractivity contribution in [2.45, 2.75) is 31.0 Å². The van der Waals surface area contributed by atoms with Crippen LogP contribution in [-0.2, 0) is 17.8 Å². The Bertz CT molecular complexity index is 1250. The van der Waals surface area contributed by atoms with Gasteiger partial charge in [-0.05, 0) is 60.6 Å². The number of nitrogens with zero attached hydrogens (tertiary/aromatic N) is 4. The molecule has 2 aromatic heterocycles. The van der Waals surface area contributed by atoms with Crippen molar-refractivity contribution >= 4 is 17.7 Å². The Morgan fingerprint density at radius 1 is 1.00 bits per heavy atom. The number of piperidine rings is 1. The molecule has 8 heteroatoms. The van der Waals surface area contributed by atoms with Crippen molar-refractivity contribution in [2.24, 2.45) is 5.92 Å². The van der Waals surface area contributed by atoms with E-state index in [1.54, 1.807) is 18.4 Å². The number of hydrogen-bond donors (Lipinski definition) is 0. The molecule has 1 saturated heterocycles. The lowest BCUT2D eigenvalue weighted by Crippen LogP contribution is -2.39. The first-order chi connectivity index (χ1) is 17.2. The molecule has 0 N–H and O–H groups in total. The second-order valence-corrected chi connectivity index (χ2v) is 9.74. The Labute approximate surface area is 208 Å². The number of rotatable bonds is 8. The molecule has 2 aromatic carbocycles. The van der Waals surface area contributed by atoms with Gasteiger partial charge in [0.05, 0.1) is 18.6 Å². The summed E-state index contributed by atoms with van der Waals surface area (Å²) >= 11 is 1.41. The quantitative estimate of drug-likeness (QED) is 0.314. The minimum atomic E-state index is -0.192. The van der Waals surface area contributed by atoms with Crippen molar-refractivity contribution in [2.75, 3.05) is 18.8 Å². The lowest BCUT2D eigenvalue weighted by molar-refractivity contribution is -0.129. The molecule has 1 aliphatic rings. The van der Waals surface area contributed by atoms with Crippen LogP contribution < -0.4 is 0 Å². The molecular formula is C27H27FN4O2S. The third kappa shape index (κ3) is 5.82. The molecule has 0 aliphatic carbocycles. The first kappa shape index (κ1) is 23.4. The summed E-state index contributed by atoms with van der Waals surface area (Å²) in [7, 11) is 0. The average Bonchev–Trinajstić information content (AvgIpc) is 3.54. The number of carbonyl (C=O) groups is 1. The van der Waals surface area contributed by atoms with E-state index in [4.69, 9.17) is 4.42 Å². The minimum Gasteiger partial charge on any atom is -0.461 e. The summed E-state index contributed by atoms with van der Waals surface area (Å²) in [4.78, 5) is 14.9. The van der Waals surface area contributed by atoms with Gasteiger partial charge in [-0.1, -0.05) is 54.2 Å². The van der Waals surface area contributed by atoms with Crippen LogP contribution >= 0.6 is 11.8 Å². The van der Waals surface area contributed by atoms with Gasteiger partial charge in [-0.2, -0.15) is 0 Å². The highest BCUT2D eigenvalue weighted by molar-refractivity contribution is 7.99. The molecule has 180 valence electrons. The molecule has 1 amide bonds. The highest BCUT2D eigenvalue weighted by Crippen LogP contribution is 2.27. The predicted octanol–water partition coefficient (Wildman–Crippen LogP) is 5.30. The number of halogens is 1. The topological polar surface area (TPSA) is 64.2 Å².